The molecule has 0 spiro atoms. The molecule has 14 heteroatoms. The van der Waals surface area contributed by atoms with Gasteiger partial charge in [-0.15, -0.1) is 0 Å². The Hall–Kier alpha value is -4.39. The molecular formula is C20H19ClN4O9. The molecular weight excluding hydrogens is 476 g/mol. The molecule has 0 aliphatic carbocycles. The Morgan fingerprint density at radius 1 is 0.941 bits per heavy atom. The first-order chi connectivity index (χ1) is 16.2. The number of esters is 1. The lowest BCUT2D eigenvalue weighted by Crippen LogP contribution is -2.44. The second-order valence-corrected chi connectivity index (χ2v) is 6.75. The summed E-state index contributed by atoms with van der Waals surface area (Å²) in [5.41, 5.74) is 3.80. The van der Waals surface area contributed by atoms with Crippen molar-refractivity contribution in [3.05, 3.63) is 62.7 Å². The molecule has 0 saturated heterocycles. The molecule has 180 valence electrons. The van der Waals surface area contributed by atoms with Gasteiger partial charge in [-0.3, -0.25) is 40.1 Å². The molecule has 0 fully saturated rings. The molecule has 0 aromatic heterocycles. The van der Waals surface area contributed by atoms with Crippen LogP contribution < -0.4 is 25.6 Å². The van der Waals surface area contributed by atoms with Gasteiger partial charge in [-0.25, -0.2) is 0 Å². The first-order valence-electron chi connectivity index (χ1n) is 9.35. The van der Waals surface area contributed by atoms with E-state index in [9.17, 15) is 29.3 Å². The summed E-state index contributed by atoms with van der Waals surface area (Å²) in [6, 6.07) is 7.72. The quantitative estimate of drug-likeness (QED) is 0.261. The van der Waals surface area contributed by atoms with E-state index >= 15 is 0 Å². The van der Waals surface area contributed by atoms with E-state index in [1.807, 2.05) is 0 Å². The standard InChI is InChI=1S/C20H19ClN4O9/c1-32-15-6-4-12(8-16(15)33-2)20(29)24-23-17(26)10-34-18(27)9-22-19(28)11-3-5-13(21)14(7-11)25(30)31/h3-8H,9-10H2,1-2H3,(H,22,28)(H,23,26)(H,24,29). The number of carbonyl (C=O) groups is 4. The highest BCUT2D eigenvalue weighted by atomic mass is 35.5. The highest BCUT2D eigenvalue weighted by molar-refractivity contribution is 6.32. The van der Waals surface area contributed by atoms with Gasteiger partial charge < -0.3 is 19.5 Å². The van der Waals surface area contributed by atoms with Crippen LogP contribution in [0.4, 0.5) is 5.69 Å². The Balaban J connectivity index is 1.77. The second kappa shape index (κ2) is 12.0. The topological polar surface area (TPSA) is 175 Å². The SMILES string of the molecule is COc1ccc(C(=O)NNC(=O)COC(=O)CNC(=O)c2ccc(Cl)c([N+](=O)[O-])c2)cc1OC. The average Bonchev–Trinajstić information content (AvgIpc) is 2.83. The number of amides is 3. The summed E-state index contributed by atoms with van der Waals surface area (Å²) in [5.74, 6) is -2.53. The fraction of sp³-hybridized carbons (Fsp3) is 0.200. The molecule has 0 aliphatic heterocycles. The highest BCUT2D eigenvalue weighted by Gasteiger charge is 2.17. The van der Waals surface area contributed by atoms with Crippen molar-refractivity contribution in [2.24, 2.45) is 0 Å². The van der Waals surface area contributed by atoms with Gasteiger partial charge in [0.1, 0.15) is 11.6 Å². The van der Waals surface area contributed by atoms with Gasteiger partial charge in [-0.05, 0) is 30.3 Å². The zero-order valence-electron chi connectivity index (χ0n) is 17.9. The van der Waals surface area contributed by atoms with E-state index in [2.05, 4.69) is 16.2 Å². The third kappa shape index (κ3) is 7.06. The molecule has 0 bridgehead atoms. The third-order valence-corrected chi connectivity index (χ3v) is 4.44. The van der Waals surface area contributed by atoms with E-state index in [0.717, 1.165) is 6.07 Å². The molecule has 34 heavy (non-hydrogen) atoms. The summed E-state index contributed by atoms with van der Waals surface area (Å²) in [4.78, 5) is 57.8. The summed E-state index contributed by atoms with van der Waals surface area (Å²) in [6.45, 7) is -1.35. The Bertz CT molecular complexity index is 1120. The first kappa shape index (κ1) is 25.9. The molecule has 0 heterocycles. The van der Waals surface area contributed by atoms with Crippen molar-refractivity contribution in [1.29, 1.82) is 0 Å². The molecule has 0 saturated carbocycles. The number of nitrogens with one attached hydrogen (secondary N) is 3. The number of benzene rings is 2. The number of hydrazine groups is 1. The number of hydrogen-bond acceptors (Lipinski definition) is 9. The van der Waals surface area contributed by atoms with Crippen molar-refractivity contribution < 1.29 is 38.3 Å². The van der Waals surface area contributed by atoms with Gasteiger partial charge in [-0.2, -0.15) is 0 Å². The summed E-state index contributed by atoms with van der Waals surface area (Å²) in [7, 11) is 2.84. The van der Waals surface area contributed by atoms with Crippen molar-refractivity contribution in [3.63, 3.8) is 0 Å². The molecule has 0 atom stereocenters. The summed E-state index contributed by atoms with van der Waals surface area (Å²) >= 11 is 5.68. The van der Waals surface area contributed by atoms with Crippen LogP contribution in [0.5, 0.6) is 11.5 Å². The monoisotopic (exact) mass is 494 g/mol. The summed E-state index contributed by atoms with van der Waals surface area (Å²) in [5, 5.41) is 12.9. The molecule has 2 aromatic rings. The number of halogens is 1. The molecule has 2 rings (SSSR count). The predicted molar refractivity (Wildman–Crippen MR) is 117 cm³/mol. The van der Waals surface area contributed by atoms with E-state index in [-0.39, 0.29) is 16.1 Å². The van der Waals surface area contributed by atoms with Crippen molar-refractivity contribution in [3.8, 4) is 11.5 Å². The van der Waals surface area contributed by atoms with Crippen molar-refractivity contribution in [2.45, 2.75) is 0 Å². The lowest BCUT2D eigenvalue weighted by atomic mass is 10.2. The maximum Gasteiger partial charge on any atom is 0.325 e. The fourth-order valence-electron chi connectivity index (χ4n) is 2.46. The molecule has 13 nitrogen and oxygen atoms in total. The van der Waals surface area contributed by atoms with E-state index in [1.54, 1.807) is 0 Å². The largest absolute Gasteiger partial charge is 0.493 e. The Morgan fingerprint density at radius 3 is 2.24 bits per heavy atom. The van der Waals surface area contributed by atoms with Crippen LogP contribution in [0, 0.1) is 10.1 Å². The first-order valence-corrected chi connectivity index (χ1v) is 9.73. The summed E-state index contributed by atoms with van der Waals surface area (Å²) < 4.78 is 14.9. The van der Waals surface area contributed by atoms with Gasteiger partial charge in [0.2, 0.25) is 0 Å². The number of nitrogens with zero attached hydrogens (tertiary/aromatic N) is 1. The number of rotatable bonds is 9. The molecule has 0 aliphatic rings. The van der Waals surface area contributed by atoms with Crippen molar-refractivity contribution >= 4 is 41.0 Å². The van der Waals surface area contributed by atoms with Crippen LogP contribution in [0.2, 0.25) is 5.02 Å². The van der Waals surface area contributed by atoms with E-state index < -0.39 is 47.5 Å². The lowest BCUT2D eigenvalue weighted by molar-refractivity contribution is -0.384. The molecule has 2 aromatic carbocycles. The number of carbonyl (C=O) groups excluding carboxylic acids is 4. The van der Waals surface area contributed by atoms with Gasteiger partial charge in [0, 0.05) is 17.2 Å². The van der Waals surface area contributed by atoms with Gasteiger partial charge in [-0.1, -0.05) is 11.6 Å². The van der Waals surface area contributed by atoms with E-state index in [1.165, 1.54) is 44.6 Å². The number of nitro benzene ring substituents is 1. The number of hydrogen-bond donors (Lipinski definition) is 3. The molecule has 3 amide bonds. The Morgan fingerprint density at radius 2 is 1.59 bits per heavy atom. The molecule has 0 radical (unpaired) electrons. The number of nitro groups is 1. The highest BCUT2D eigenvalue weighted by Crippen LogP contribution is 2.27. The van der Waals surface area contributed by atoms with Crippen molar-refractivity contribution in [2.75, 3.05) is 27.4 Å². The van der Waals surface area contributed by atoms with Gasteiger partial charge in [0.25, 0.3) is 23.4 Å². The van der Waals surface area contributed by atoms with Crippen LogP contribution in [0.25, 0.3) is 0 Å². The van der Waals surface area contributed by atoms with Gasteiger partial charge in [0.05, 0.1) is 19.1 Å². The predicted octanol–water partition coefficient (Wildman–Crippen LogP) is 1.000. The van der Waals surface area contributed by atoms with E-state index in [4.69, 9.17) is 25.8 Å². The number of ether oxygens (including phenoxy) is 3. The van der Waals surface area contributed by atoms with Crippen LogP contribution in [-0.2, 0) is 14.3 Å². The third-order valence-electron chi connectivity index (χ3n) is 4.12. The van der Waals surface area contributed by atoms with Crippen LogP contribution in [0.1, 0.15) is 20.7 Å². The maximum atomic E-state index is 12.1. The Kier molecular flexibility index (Phi) is 9.14. The van der Waals surface area contributed by atoms with Gasteiger partial charge in [0.15, 0.2) is 18.1 Å². The second-order valence-electron chi connectivity index (χ2n) is 6.34. The number of methoxy groups -OCH3 is 2. The Labute approximate surface area is 197 Å². The lowest BCUT2D eigenvalue weighted by Gasteiger charge is -2.11. The zero-order valence-corrected chi connectivity index (χ0v) is 18.6. The van der Waals surface area contributed by atoms with E-state index in [0.29, 0.717) is 11.5 Å². The minimum absolute atomic E-state index is 0.0977. The van der Waals surface area contributed by atoms with Crippen molar-refractivity contribution in [1.82, 2.24) is 16.2 Å². The van der Waals surface area contributed by atoms with Crippen LogP contribution >= 0.6 is 11.6 Å². The molecule has 3 N–H and O–H groups in total. The summed E-state index contributed by atoms with van der Waals surface area (Å²) in [6.07, 6.45) is 0. The maximum absolute atomic E-state index is 12.1. The minimum atomic E-state index is -0.960. The fourth-order valence-corrected chi connectivity index (χ4v) is 2.64. The van der Waals surface area contributed by atoms with Gasteiger partial charge >= 0.3 is 5.97 Å². The minimum Gasteiger partial charge on any atom is -0.493 e. The zero-order chi connectivity index (χ0) is 25.3. The smallest absolute Gasteiger partial charge is 0.325 e. The van der Waals surface area contributed by atoms with Crippen LogP contribution in [-0.4, -0.2) is 56.0 Å². The molecule has 0 unspecified atom stereocenters. The van der Waals surface area contributed by atoms with Crippen LogP contribution in [0.15, 0.2) is 36.4 Å². The van der Waals surface area contributed by atoms with Crippen LogP contribution in [0.3, 0.4) is 0 Å². The normalized spacial score (nSPS) is 9.97. The average molecular weight is 495 g/mol.